The summed E-state index contributed by atoms with van der Waals surface area (Å²) >= 11 is 16.6. The first-order valence-electron chi connectivity index (χ1n) is 10.0. The third-order valence-electron chi connectivity index (χ3n) is 3.82. The average molecular weight is 491 g/mol. The molecule has 0 aliphatic rings. The number of alkyl halides is 3. The second kappa shape index (κ2) is 18.9. The first-order chi connectivity index (χ1) is 14.4. The van der Waals surface area contributed by atoms with Crippen LogP contribution in [0.4, 0.5) is 0 Å². The zero-order valence-corrected chi connectivity index (χ0v) is 19.8. The fourth-order valence-electron chi connectivity index (χ4n) is 2.35. The van der Waals surface area contributed by atoms with Crippen molar-refractivity contribution in [2.75, 3.05) is 57.2 Å². The summed E-state index contributed by atoms with van der Waals surface area (Å²) in [5, 5.41) is 8.40. The molecule has 0 atom stereocenters. The highest BCUT2D eigenvalue weighted by molar-refractivity contribution is 6.19. The molecule has 0 aliphatic heterocycles. The van der Waals surface area contributed by atoms with E-state index in [1.807, 2.05) is 6.92 Å². The molecule has 11 heteroatoms. The number of amides is 3. The molecule has 0 aromatic rings. The minimum Gasteiger partial charge on any atom is -0.379 e. The van der Waals surface area contributed by atoms with E-state index >= 15 is 0 Å². The van der Waals surface area contributed by atoms with E-state index in [-0.39, 0.29) is 43.2 Å². The molecule has 0 fully saturated rings. The second-order valence-electron chi connectivity index (χ2n) is 6.94. The Hall–Kier alpha value is -0.800. The highest BCUT2D eigenvalue weighted by Crippen LogP contribution is 2.08. The van der Waals surface area contributed by atoms with Gasteiger partial charge in [-0.15, -0.1) is 34.8 Å². The van der Waals surface area contributed by atoms with Gasteiger partial charge in [0.2, 0.25) is 17.7 Å². The largest absolute Gasteiger partial charge is 0.379 e. The maximum Gasteiger partial charge on any atom is 0.221 e. The van der Waals surface area contributed by atoms with E-state index in [1.54, 1.807) is 0 Å². The molecule has 0 heterocycles. The highest BCUT2D eigenvalue weighted by atomic mass is 35.5. The maximum atomic E-state index is 12.0. The van der Waals surface area contributed by atoms with Crippen molar-refractivity contribution >= 4 is 52.5 Å². The molecule has 0 spiro atoms. The van der Waals surface area contributed by atoms with Gasteiger partial charge in [0.05, 0.1) is 18.8 Å². The number of hydrogen-bond donors (Lipinski definition) is 3. The number of halogens is 3. The Morgan fingerprint density at radius 2 is 1.13 bits per heavy atom. The van der Waals surface area contributed by atoms with E-state index in [0.29, 0.717) is 63.7 Å². The van der Waals surface area contributed by atoms with Crippen LogP contribution in [-0.4, -0.2) is 80.4 Å². The van der Waals surface area contributed by atoms with Gasteiger partial charge in [0.1, 0.15) is 0 Å². The quantitative estimate of drug-likeness (QED) is 0.189. The van der Waals surface area contributed by atoms with Crippen LogP contribution in [0.5, 0.6) is 0 Å². The number of carbonyl (C=O) groups excluding carboxylic acids is 3. The molecule has 30 heavy (non-hydrogen) atoms. The summed E-state index contributed by atoms with van der Waals surface area (Å²) in [6.45, 7) is 4.19. The van der Waals surface area contributed by atoms with E-state index in [9.17, 15) is 14.4 Å². The van der Waals surface area contributed by atoms with Crippen LogP contribution in [0.1, 0.15) is 39.0 Å². The molecular formula is C19H34Cl3N3O5. The Balaban J connectivity index is 4.21. The van der Waals surface area contributed by atoms with Gasteiger partial charge in [-0.05, 0) is 19.8 Å². The Morgan fingerprint density at radius 3 is 1.53 bits per heavy atom. The van der Waals surface area contributed by atoms with Gasteiger partial charge in [-0.25, -0.2) is 0 Å². The van der Waals surface area contributed by atoms with Gasteiger partial charge < -0.3 is 25.4 Å². The molecule has 0 saturated heterocycles. The Kier molecular flexibility index (Phi) is 18.4. The van der Waals surface area contributed by atoms with Crippen molar-refractivity contribution in [1.29, 1.82) is 0 Å². The molecule has 0 bridgehead atoms. The Morgan fingerprint density at radius 1 is 0.733 bits per heavy atom. The third kappa shape index (κ3) is 16.9. The Labute approximate surface area is 194 Å². The zero-order valence-electron chi connectivity index (χ0n) is 17.6. The molecule has 0 aliphatic carbocycles. The minimum atomic E-state index is -0.715. The summed E-state index contributed by atoms with van der Waals surface area (Å²) in [6, 6.07) is 0. The molecule has 0 aromatic heterocycles. The lowest BCUT2D eigenvalue weighted by molar-refractivity contribution is -0.125. The van der Waals surface area contributed by atoms with Crippen LogP contribution in [0.25, 0.3) is 0 Å². The Bertz CT molecular complexity index is 468. The van der Waals surface area contributed by atoms with Crippen molar-refractivity contribution in [2.24, 2.45) is 0 Å². The molecule has 0 radical (unpaired) electrons. The number of carbonyl (C=O) groups is 3. The van der Waals surface area contributed by atoms with Gasteiger partial charge in [0.25, 0.3) is 0 Å². The van der Waals surface area contributed by atoms with Crippen LogP contribution in [0.3, 0.4) is 0 Å². The van der Waals surface area contributed by atoms with Crippen molar-refractivity contribution in [3.05, 3.63) is 0 Å². The van der Waals surface area contributed by atoms with E-state index in [1.165, 1.54) is 0 Å². The monoisotopic (exact) mass is 489 g/mol. The van der Waals surface area contributed by atoms with Crippen molar-refractivity contribution in [3.63, 3.8) is 0 Å². The molecule has 3 N–H and O–H groups in total. The fourth-order valence-corrected chi connectivity index (χ4v) is 2.86. The summed E-state index contributed by atoms with van der Waals surface area (Å²) in [5.74, 6) is 0.464. The summed E-state index contributed by atoms with van der Waals surface area (Å²) < 4.78 is 11.4. The summed E-state index contributed by atoms with van der Waals surface area (Å²) in [7, 11) is 0. The molecule has 0 unspecified atom stereocenters. The van der Waals surface area contributed by atoms with E-state index in [4.69, 9.17) is 44.3 Å². The fraction of sp³-hybridized carbons (Fsp3) is 0.842. The van der Waals surface area contributed by atoms with Crippen molar-refractivity contribution < 1.29 is 23.9 Å². The summed E-state index contributed by atoms with van der Waals surface area (Å²) in [4.78, 5) is 34.7. The normalized spacial score (nSPS) is 11.2. The van der Waals surface area contributed by atoms with Gasteiger partial charge in [0.15, 0.2) is 0 Å². The smallest absolute Gasteiger partial charge is 0.221 e. The van der Waals surface area contributed by atoms with Gasteiger partial charge in [-0.1, -0.05) is 0 Å². The lowest BCUT2D eigenvalue weighted by Gasteiger charge is -2.30. The molecule has 8 nitrogen and oxygen atoms in total. The lowest BCUT2D eigenvalue weighted by Crippen LogP contribution is -2.53. The van der Waals surface area contributed by atoms with Gasteiger partial charge in [-0.2, -0.15) is 0 Å². The number of nitrogens with one attached hydrogen (secondary N) is 3. The molecular weight excluding hydrogens is 457 g/mol. The molecule has 0 aromatic carbocycles. The minimum absolute atomic E-state index is 0.0876. The van der Waals surface area contributed by atoms with Crippen LogP contribution < -0.4 is 16.0 Å². The van der Waals surface area contributed by atoms with Crippen LogP contribution in [0.2, 0.25) is 0 Å². The van der Waals surface area contributed by atoms with Gasteiger partial charge >= 0.3 is 0 Å². The first-order valence-corrected chi connectivity index (χ1v) is 11.6. The van der Waals surface area contributed by atoms with Crippen molar-refractivity contribution in [2.45, 2.75) is 44.6 Å². The van der Waals surface area contributed by atoms with Crippen molar-refractivity contribution in [1.82, 2.24) is 16.0 Å². The van der Waals surface area contributed by atoms with Crippen LogP contribution >= 0.6 is 34.8 Å². The number of ether oxygens (including phenoxy) is 2. The molecule has 3 amide bonds. The van der Waals surface area contributed by atoms with Crippen molar-refractivity contribution in [3.8, 4) is 0 Å². The van der Waals surface area contributed by atoms with Crippen LogP contribution in [0.15, 0.2) is 0 Å². The number of rotatable bonds is 19. The average Bonchev–Trinajstić information content (AvgIpc) is 2.68. The first kappa shape index (κ1) is 29.2. The summed E-state index contributed by atoms with van der Waals surface area (Å²) in [6.07, 6.45) is 2.07. The predicted octanol–water partition coefficient (Wildman–Crippen LogP) is 1.79. The van der Waals surface area contributed by atoms with E-state index in [0.717, 1.165) is 0 Å². The van der Waals surface area contributed by atoms with Gasteiger partial charge in [0, 0.05) is 63.2 Å². The third-order valence-corrected chi connectivity index (χ3v) is 4.39. The van der Waals surface area contributed by atoms with E-state index in [2.05, 4.69) is 16.0 Å². The molecule has 0 saturated carbocycles. The topological polar surface area (TPSA) is 106 Å². The highest BCUT2D eigenvalue weighted by Gasteiger charge is 2.27. The lowest BCUT2D eigenvalue weighted by atomic mass is 10.1. The standard InChI is InChI=1S/C19H34Cl3N3O5/c1-19(25-18(28)6-9-22,14-29-12-2-10-23-16(26)4-7-20)15-30-13-3-11-24-17(27)5-8-21/h2-15H2,1H3,(H,23,26)(H,24,27)(H,25,28). The molecule has 0 rings (SSSR count). The summed E-state index contributed by atoms with van der Waals surface area (Å²) in [5.41, 5.74) is -0.715. The van der Waals surface area contributed by atoms with Crippen LogP contribution in [0, 0.1) is 0 Å². The second-order valence-corrected chi connectivity index (χ2v) is 8.07. The number of hydrogen-bond acceptors (Lipinski definition) is 5. The maximum absolute atomic E-state index is 12.0. The molecule has 176 valence electrons. The zero-order chi connectivity index (χ0) is 22.7. The van der Waals surface area contributed by atoms with Crippen LogP contribution in [-0.2, 0) is 23.9 Å². The van der Waals surface area contributed by atoms with E-state index < -0.39 is 5.54 Å². The predicted molar refractivity (Wildman–Crippen MR) is 119 cm³/mol. The van der Waals surface area contributed by atoms with Gasteiger partial charge in [-0.3, -0.25) is 14.4 Å². The SMILES string of the molecule is CC(COCCCNC(=O)CCCl)(COCCCNC(=O)CCCl)NC(=O)CCCl.